The van der Waals surface area contributed by atoms with Gasteiger partial charge in [0, 0.05) is 43.0 Å². The normalized spacial score (nSPS) is 10.6. The molecular formula is C22H23N3O5. The molecule has 0 fully saturated rings. The number of hydrogen-bond donors (Lipinski definition) is 0. The second kappa shape index (κ2) is 9.80. The molecule has 0 aliphatic heterocycles. The highest BCUT2D eigenvalue weighted by Crippen LogP contribution is 2.23. The molecule has 8 heteroatoms. The van der Waals surface area contributed by atoms with Crippen molar-refractivity contribution in [2.75, 3.05) is 20.3 Å². The summed E-state index contributed by atoms with van der Waals surface area (Å²) in [5.74, 6) is -0.451. The van der Waals surface area contributed by atoms with Crippen LogP contribution in [0.2, 0.25) is 0 Å². The number of carbonyl (C=O) groups is 2. The maximum absolute atomic E-state index is 12.6. The van der Waals surface area contributed by atoms with Gasteiger partial charge in [0.25, 0.3) is 0 Å². The first kappa shape index (κ1) is 21.2. The fourth-order valence-electron chi connectivity index (χ4n) is 3.04. The summed E-state index contributed by atoms with van der Waals surface area (Å²) >= 11 is 0. The number of aryl methyl sites for hydroxylation is 1. The molecule has 0 unspecified atom stereocenters. The Morgan fingerprint density at radius 2 is 1.90 bits per heavy atom. The summed E-state index contributed by atoms with van der Waals surface area (Å²) in [5, 5.41) is 0. The Morgan fingerprint density at radius 3 is 2.63 bits per heavy atom. The zero-order valence-corrected chi connectivity index (χ0v) is 17.1. The van der Waals surface area contributed by atoms with Crippen molar-refractivity contribution in [1.29, 1.82) is 0 Å². The minimum Gasteiger partial charge on any atom is -0.454 e. The second-order valence-corrected chi connectivity index (χ2v) is 6.58. The minimum atomic E-state index is -0.691. The molecule has 3 rings (SSSR count). The molecule has 3 heterocycles. The summed E-state index contributed by atoms with van der Waals surface area (Å²) in [6.45, 7) is 4.59. The monoisotopic (exact) mass is 409 g/mol. The lowest BCUT2D eigenvalue weighted by Gasteiger charge is -2.10. The van der Waals surface area contributed by atoms with Crippen LogP contribution in [0.1, 0.15) is 32.1 Å². The van der Waals surface area contributed by atoms with Gasteiger partial charge >= 0.3 is 5.97 Å². The van der Waals surface area contributed by atoms with Gasteiger partial charge in [-0.25, -0.2) is 9.78 Å². The third-order valence-corrected chi connectivity index (χ3v) is 4.57. The summed E-state index contributed by atoms with van der Waals surface area (Å²) in [7, 11) is 1.63. The van der Waals surface area contributed by atoms with E-state index in [0.717, 1.165) is 11.4 Å². The van der Waals surface area contributed by atoms with E-state index in [1.54, 1.807) is 37.6 Å². The van der Waals surface area contributed by atoms with E-state index in [-0.39, 0.29) is 23.8 Å². The number of pyridine rings is 2. The van der Waals surface area contributed by atoms with Crippen LogP contribution in [-0.4, -0.2) is 46.6 Å². The number of esters is 1. The summed E-state index contributed by atoms with van der Waals surface area (Å²) in [6, 6.07) is 8.32. The second-order valence-electron chi connectivity index (χ2n) is 6.58. The third kappa shape index (κ3) is 4.90. The van der Waals surface area contributed by atoms with Gasteiger partial charge in [-0.3, -0.25) is 9.78 Å². The highest BCUT2D eigenvalue weighted by atomic mass is 16.5. The summed E-state index contributed by atoms with van der Waals surface area (Å²) in [5.41, 5.74) is 2.40. The van der Waals surface area contributed by atoms with E-state index in [2.05, 4.69) is 9.97 Å². The van der Waals surface area contributed by atoms with E-state index in [1.807, 2.05) is 18.4 Å². The number of nitrogens with zero attached hydrogens (tertiary/aromatic N) is 3. The Hall–Kier alpha value is -3.52. The topological polar surface area (TPSA) is 92.5 Å². The van der Waals surface area contributed by atoms with Gasteiger partial charge in [-0.05, 0) is 44.2 Å². The number of aromatic nitrogens is 3. The van der Waals surface area contributed by atoms with Crippen molar-refractivity contribution in [3.8, 4) is 11.6 Å². The van der Waals surface area contributed by atoms with E-state index in [4.69, 9.17) is 14.2 Å². The Morgan fingerprint density at radius 1 is 1.10 bits per heavy atom. The Balaban J connectivity index is 1.68. The van der Waals surface area contributed by atoms with E-state index in [9.17, 15) is 9.59 Å². The fraction of sp³-hybridized carbons (Fsp3) is 0.273. The van der Waals surface area contributed by atoms with Gasteiger partial charge in [-0.1, -0.05) is 0 Å². The molecule has 3 aromatic rings. The molecule has 0 atom stereocenters. The number of ketones is 1. The van der Waals surface area contributed by atoms with Gasteiger partial charge in [0.05, 0.1) is 12.8 Å². The largest absolute Gasteiger partial charge is 0.454 e. The van der Waals surface area contributed by atoms with Crippen molar-refractivity contribution in [1.82, 2.24) is 14.5 Å². The Kier molecular flexibility index (Phi) is 6.92. The van der Waals surface area contributed by atoms with Crippen molar-refractivity contribution < 1.29 is 23.8 Å². The molecule has 0 aromatic carbocycles. The highest BCUT2D eigenvalue weighted by Gasteiger charge is 2.20. The number of ether oxygens (including phenoxy) is 3. The molecule has 30 heavy (non-hydrogen) atoms. The zero-order valence-electron chi connectivity index (χ0n) is 17.1. The lowest BCUT2D eigenvalue weighted by atomic mass is 10.1. The molecule has 0 saturated heterocycles. The first-order valence-corrected chi connectivity index (χ1v) is 9.40. The maximum atomic E-state index is 12.6. The van der Waals surface area contributed by atoms with Crippen LogP contribution in [0.4, 0.5) is 0 Å². The molecule has 8 nitrogen and oxygen atoms in total. The first-order valence-electron chi connectivity index (χ1n) is 9.40. The molecule has 0 radical (unpaired) electrons. The van der Waals surface area contributed by atoms with Gasteiger partial charge in [-0.2, -0.15) is 0 Å². The Bertz CT molecular complexity index is 1030. The average molecular weight is 409 g/mol. The van der Waals surface area contributed by atoms with Crippen molar-refractivity contribution in [3.05, 3.63) is 71.4 Å². The van der Waals surface area contributed by atoms with Crippen LogP contribution >= 0.6 is 0 Å². The molecule has 3 aromatic heterocycles. The Labute approximate surface area is 174 Å². The molecule has 0 aliphatic carbocycles. The van der Waals surface area contributed by atoms with Gasteiger partial charge in [-0.15, -0.1) is 0 Å². The van der Waals surface area contributed by atoms with Crippen LogP contribution in [0.25, 0.3) is 0 Å². The standard InChI is InChI=1S/C22H23N3O5/c1-15-12-19(16(2)25(15)10-11-28-3)20(26)14-29-22(27)18-7-5-9-24-21(18)30-17-6-4-8-23-13-17/h4-9,12-13H,10-11,14H2,1-3H3. The van der Waals surface area contributed by atoms with Crippen molar-refractivity contribution >= 4 is 11.8 Å². The van der Waals surface area contributed by atoms with Crippen LogP contribution in [0.5, 0.6) is 11.6 Å². The molecule has 0 spiro atoms. The first-order chi connectivity index (χ1) is 14.5. The van der Waals surface area contributed by atoms with Crippen LogP contribution in [0.3, 0.4) is 0 Å². The lowest BCUT2D eigenvalue weighted by molar-refractivity contribution is 0.0471. The molecular weight excluding hydrogens is 386 g/mol. The van der Waals surface area contributed by atoms with E-state index >= 15 is 0 Å². The van der Waals surface area contributed by atoms with E-state index in [0.29, 0.717) is 24.5 Å². The maximum Gasteiger partial charge on any atom is 0.344 e. The van der Waals surface area contributed by atoms with Crippen molar-refractivity contribution in [2.45, 2.75) is 20.4 Å². The molecule has 0 amide bonds. The number of rotatable bonds is 9. The summed E-state index contributed by atoms with van der Waals surface area (Å²) in [6.07, 6.45) is 4.62. The van der Waals surface area contributed by atoms with Gasteiger partial charge in [0.15, 0.2) is 6.61 Å². The minimum absolute atomic E-state index is 0.0840. The SMILES string of the molecule is COCCn1c(C)cc(C(=O)COC(=O)c2cccnc2Oc2cccnc2)c1C. The van der Waals surface area contributed by atoms with Crippen LogP contribution in [-0.2, 0) is 16.0 Å². The van der Waals surface area contributed by atoms with Crippen LogP contribution in [0, 0.1) is 13.8 Å². The summed E-state index contributed by atoms with van der Waals surface area (Å²) < 4.78 is 18.0. The number of carbonyl (C=O) groups excluding carboxylic acids is 2. The molecule has 156 valence electrons. The molecule has 0 aliphatic rings. The van der Waals surface area contributed by atoms with E-state index < -0.39 is 5.97 Å². The highest BCUT2D eigenvalue weighted by molar-refractivity contribution is 6.00. The predicted molar refractivity (Wildman–Crippen MR) is 109 cm³/mol. The van der Waals surface area contributed by atoms with Crippen molar-refractivity contribution in [3.63, 3.8) is 0 Å². The van der Waals surface area contributed by atoms with Crippen LogP contribution < -0.4 is 4.74 Å². The molecule has 0 saturated carbocycles. The lowest BCUT2D eigenvalue weighted by Crippen LogP contribution is -2.16. The summed E-state index contributed by atoms with van der Waals surface area (Å²) in [4.78, 5) is 33.2. The number of methoxy groups -OCH3 is 1. The molecule has 0 N–H and O–H groups in total. The zero-order chi connectivity index (χ0) is 21.5. The van der Waals surface area contributed by atoms with Gasteiger partial charge in [0.1, 0.15) is 11.3 Å². The van der Waals surface area contributed by atoms with Gasteiger partial charge < -0.3 is 18.8 Å². The van der Waals surface area contributed by atoms with Gasteiger partial charge in [0.2, 0.25) is 11.7 Å². The quantitative estimate of drug-likeness (QED) is 0.395. The third-order valence-electron chi connectivity index (χ3n) is 4.57. The number of hydrogen-bond acceptors (Lipinski definition) is 7. The van der Waals surface area contributed by atoms with Crippen molar-refractivity contribution in [2.24, 2.45) is 0 Å². The fourth-order valence-corrected chi connectivity index (χ4v) is 3.04. The molecule has 0 bridgehead atoms. The van der Waals surface area contributed by atoms with E-state index in [1.165, 1.54) is 18.5 Å². The number of Topliss-reactive ketones (excluding diaryl/α,β-unsaturated/α-hetero) is 1. The smallest absolute Gasteiger partial charge is 0.344 e. The average Bonchev–Trinajstić information content (AvgIpc) is 3.05. The predicted octanol–water partition coefficient (Wildman–Crippen LogP) is 3.37. The van der Waals surface area contributed by atoms with Crippen LogP contribution in [0.15, 0.2) is 48.9 Å².